The van der Waals surface area contributed by atoms with Crippen molar-refractivity contribution in [2.45, 2.75) is 46.6 Å². The third-order valence-corrected chi connectivity index (χ3v) is 6.28. The number of rotatable bonds is 3. The van der Waals surface area contributed by atoms with Crippen molar-refractivity contribution in [2.75, 3.05) is 0 Å². The molecule has 1 aliphatic carbocycles. The lowest BCUT2D eigenvalue weighted by atomic mass is 9.73. The van der Waals surface area contributed by atoms with Crippen molar-refractivity contribution in [3.8, 4) is 0 Å². The van der Waals surface area contributed by atoms with E-state index in [2.05, 4.69) is 20.8 Å². The quantitative estimate of drug-likeness (QED) is 0.643. The van der Waals surface area contributed by atoms with Gasteiger partial charge in [-0.2, -0.15) is 0 Å². The Kier molecular flexibility index (Phi) is 6.34. The maximum absolute atomic E-state index is 12.5. The zero-order chi connectivity index (χ0) is 17.5. The monoisotopic (exact) mass is 442 g/mol. The Morgan fingerprint density at radius 3 is 2.56 bits per heavy atom. The summed E-state index contributed by atoms with van der Waals surface area (Å²) in [5.41, 5.74) is 2.12. The smallest absolute Gasteiger partial charge is 0.182 e. The molecule has 1 N–H and O–H groups in total. The zero-order valence-corrected chi connectivity index (χ0v) is 18.1. The van der Waals surface area contributed by atoms with Gasteiger partial charge in [0.2, 0.25) is 0 Å². The van der Waals surface area contributed by atoms with E-state index in [1.54, 1.807) is 24.3 Å². The maximum Gasteiger partial charge on any atom is 0.182 e. The van der Waals surface area contributed by atoms with Crippen LogP contribution >= 0.6 is 39.9 Å². The molecule has 0 saturated carbocycles. The average Bonchev–Trinajstić information content (AvgIpc) is 2.82. The Hall–Kier alpha value is -0.910. The van der Waals surface area contributed by atoms with E-state index in [1.807, 2.05) is 4.57 Å². The van der Waals surface area contributed by atoms with Crippen LogP contribution < -0.4 is 4.80 Å². The second-order valence-electron chi connectivity index (χ2n) is 7.60. The number of hydrogen-bond acceptors (Lipinski definition) is 3. The van der Waals surface area contributed by atoms with E-state index < -0.39 is 0 Å². The normalized spacial score (nSPS) is 16.9. The van der Waals surface area contributed by atoms with Crippen molar-refractivity contribution in [1.82, 2.24) is 4.57 Å². The molecule has 0 bridgehead atoms. The Morgan fingerprint density at radius 1 is 1.32 bits per heavy atom. The molecule has 25 heavy (non-hydrogen) atoms. The fourth-order valence-electron chi connectivity index (χ4n) is 3.35. The molecule has 1 heterocycles. The molecular weight excluding hydrogens is 420 g/mol. The summed E-state index contributed by atoms with van der Waals surface area (Å²) in [7, 11) is 0. The molecule has 2 aromatic rings. The van der Waals surface area contributed by atoms with Crippen LogP contribution in [0.3, 0.4) is 0 Å². The van der Waals surface area contributed by atoms with Crippen LogP contribution in [0.15, 0.2) is 24.3 Å². The summed E-state index contributed by atoms with van der Waals surface area (Å²) in [5, 5.41) is 8.91. The number of hydrogen-bond donors (Lipinski definition) is 1. The van der Waals surface area contributed by atoms with E-state index in [0.29, 0.717) is 21.3 Å². The molecule has 1 atom stereocenters. The molecule has 1 aromatic heterocycles. The molecule has 0 spiro atoms. The van der Waals surface area contributed by atoms with Crippen molar-refractivity contribution in [3.05, 3.63) is 50.2 Å². The largest absolute Gasteiger partial charge is 0.313 e. The van der Waals surface area contributed by atoms with Crippen LogP contribution in [0.2, 0.25) is 5.02 Å². The number of Topliss-reactive ketones (excluding diaryl/α,β-unsaturated/α-hetero) is 1. The predicted octanol–water partition coefficient (Wildman–Crippen LogP) is 5.29. The molecule has 1 unspecified atom stereocenters. The van der Waals surface area contributed by atoms with Crippen LogP contribution in [-0.4, -0.2) is 10.4 Å². The van der Waals surface area contributed by atoms with Crippen molar-refractivity contribution in [2.24, 2.45) is 11.3 Å². The Labute approximate surface area is 168 Å². The summed E-state index contributed by atoms with van der Waals surface area (Å²) in [4.78, 5) is 14.3. The standard InChI is InChI=1S/C19H23ClN2OS.BrH/c1-19(2,3)13-6-9-15-17(10-13)24-18(21)22(15)11-16(23)12-4-7-14(20)8-5-12;/h4-5,7-8,13,21H,6,9-11H2,1-3H3;1H. The molecule has 0 radical (unpaired) electrons. The first-order chi connectivity index (χ1) is 11.3. The van der Waals surface area contributed by atoms with Gasteiger partial charge in [0.1, 0.15) is 0 Å². The van der Waals surface area contributed by atoms with Gasteiger partial charge in [0.15, 0.2) is 10.6 Å². The highest BCUT2D eigenvalue weighted by atomic mass is 79.9. The molecule has 3 nitrogen and oxygen atoms in total. The molecule has 136 valence electrons. The number of nitrogens with zero attached hydrogens (tertiary/aromatic N) is 1. The minimum Gasteiger partial charge on any atom is -0.313 e. The lowest BCUT2D eigenvalue weighted by molar-refractivity contribution is 0.0969. The molecule has 0 amide bonds. The highest BCUT2D eigenvalue weighted by Gasteiger charge is 2.31. The van der Waals surface area contributed by atoms with E-state index >= 15 is 0 Å². The molecule has 0 saturated heterocycles. The van der Waals surface area contributed by atoms with Crippen LogP contribution in [0, 0.1) is 16.7 Å². The number of ketones is 1. The second-order valence-corrected chi connectivity index (χ2v) is 9.12. The van der Waals surface area contributed by atoms with Gasteiger partial charge in [-0.15, -0.1) is 28.3 Å². The number of nitrogens with one attached hydrogen (secondary N) is 1. The minimum absolute atomic E-state index is 0. The molecule has 1 aliphatic rings. The summed E-state index contributed by atoms with van der Waals surface area (Å²) in [6.45, 7) is 7.11. The fraction of sp³-hybridized carbons (Fsp3) is 0.474. The van der Waals surface area contributed by atoms with Crippen molar-refractivity contribution in [3.63, 3.8) is 0 Å². The lowest BCUT2D eigenvalue weighted by Crippen LogP contribution is -2.28. The van der Waals surface area contributed by atoms with Gasteiger partial charge < -0.3 is 4.57 Å². The number of thiazole rings is 1. The summed E-state index contributed by atoms with van der Waals surface area (Å²) in [5.74, 6) is 0.673. The van der Waals surface area contributed by atoms with E-state index in [9.17, 15) is 4.79 Å². The predicted molar refractivity (Wildman–Crippen MR) is 109 cm³/mol. The summed E-state index contributed by atoms with van der Waals surface area (Å²) >= 11 is 7.42. The van der Waals surface area contributed by atoms with Gasteiger partial charge in [-0.3, -0.25) is 10.2 Å². The number of carbonyl (C=O) groups is 1. The maximum atomic E-state index is 12.5. The van der Waals surface area contributed by atoms with Crippen molar-refractivity contribution >= 4 is 45.7 Å². The van der Waals surface area contributed by atoms with Crippen LogP contribution in [-0.2, 0) is 19.4 Å². The van der Waals surface area contributed by atoms with E-state index in [-0.39, 0.29) is 34.7 Å². The minimum atomic E-state index is 0. The highest BCUT2D eigenvalue weighted by molar-refractivity contribution is 8.93. The number of carbonyl (C=O) groups excluding carboxylic acids is 1. The SMILES string of the molecule is Br.CC(C)(C)C1CCc2c(sc(=N)n2CC(=O)c2ccc(Cl)cc2)C1. The third kappa shape index (κ3) is 4.44. The van der Waals surface area contributed by atoms with Gasteiger partial charge in [0.25, 0.3) is 0 Å². The number of benzene rings is 1. The van der Waals surface area contributed by atoms with Crippen LogP contribution in [0.5, 0.6) is 0 Å². The average molecular weight is 444 g/mol. The van der Waals surface area contributed by atoms with Crippen molar-refractivity contribution in [1.29, 1.82) is 5.41 Å². The molecule has 0 aliphatic heterocycles. The van der Waals surface area contributed by atoms with E-state index in [4.69, 9.17) is 17.0 Å². The van der Waals surface area contributed by atoms with E-state index in [0.717, 1.165) is 19.3 Å². The summed E-state index contributed by atoms with van der Waals surface area (Å²) in [6, 6.07) is 6.97. The second kappa shape index (κ2) is 7.77. The zero-order valence-electron chi connectivity index (χ0n) is 14.8. The molecule has 0 fully saturated rings. The Balaban J connectivity index is 0.00000225. The molecule has 3 rings (SSSR count). The van der Waals surface area contributed by atoms with E-state index in [1.165, 1.54) is 21.9 Å². The molecule has 1 aromatic carbocycles. The van der Waals surface area contributed by atoms with Gasteiger partial charge in [-0.25, -0.2) is 0 Å². The molecule has 6 heteroatoms. The first-order valence-corrected chi connectivity index (χ1v) is 9.50. The highest BCUT2D eigenvalue weighted by Crippen LogP contribution is 2.38. The number of halogens is 2. The van der Waals surface area contributed by atoms with Crippen LogP contribution in [0.25, 0.3) is 0 Å². The first-order valence-electron chi connectivity index (χ1n) is 8.30. The fourth-order valence-corrected chi connectivity index (χ4v) is 4.61. The van der Waals surface area contributed by atoms with Gasteiger partial charge in [0.05, 0.1) is 6.54 Å². The Bertz CT molecular complexity index is 817. The van der Waals surface area contributed by atoms with Gasteiger partial charge >= 0.3 is 0 Å². The summed E-state index contributed by atoms with van der Waals surface area (Å²) in [6.07, 6.45) is 3.11. The third-order valence-electron chi connectivity index (χ3n) is 4.97. The number of aromatic nitrogens is 1. The lowest BCUT2D eigenvalue weighted by Gasteiger charge is -2.33. The number of fused-ring (bicyclic) bond motifs is 1. The first kappa shape index (κ1) is 20.4. The van der Waals surface area contributed by atoms with Crippen LogP contribution in [0.1, 0.15) is 48.1 Å². The van der Waals surface area contributed by atoms with Crippen molar-refractivity contribution < 1.29 is 4.79 Å². The summed E-state index contributed by atoms with van der Waals surface area (Å²) < 4.78 is 1.90. The van der Waals surface area contributed by atoms with Gasteiger partial charge in [-0.1, -0.05) is 32.4 Å². The Morgan fingerprint density at radius 2 is 1.96 bits per heavy atom. The van der Waals surface area contributed by atoms with Gasteiger partial charge in [-0.05, 0) is 54.9 Å². The molecular formula is C19H24BrClN2OS. The van der Waals surface area contributed by atoms with Crippen LogP contribution in [0.4, 0.5) is 0 Å². The van der Waals surface area contributed by atoms with Gasteiger partial charge in [0, 0.05) is 21.2 Å². The topological polar surface area (TPSA) is 45.9 Å².